The lowest BCUT2D eigenvalue weighted by atomic mass is 10.1. The van der Waals surface area contributed by atoms with Crippen molar-refractivity contribution in [2.45, 2.75) is 26.2 Å². The largest absolute Gasteiger partial charge is 0.339 e. The van der Waals surface area contributed by atoms with E-state index in [0.29, 0.717) is 29.3 Å². The highest BCUT2D eigenvalue weighted by Crippen LogP contribution is 2.49. The molecule has 0 bridgehead atoms. The molecule has 5 nitrogen and oxygen atoms in total. The molecule has 1 aromatic carbocycles. The molecule has 0 amide bonds. The van der Waals surface area contributed by atoms with Crippen LogP contribution in [0.5, 0.6) is 0 Å². The highest BCUT2D eigenvalue weighted by atomic mass is 32.2. The Balaban J connectivity index is 1.78. The van der Waals surface area contributed by atoms with E-state index in [9.17, 15) is 12.8 Å². The molecule has 0 N–H and O–H groups in total. The van der Waals surface area contributed by atoms with E-state index >= 15 is 0 Å². The van der Waals surface area contributed by atoms with Crippen LogP contribution in [0.4, 0.5) is 4.39 Å². The van der Waals surface area contributed by atoms with Crippen LogP contribution in [0.25, 0.3) is 11.4 Å². The van der Waals surface area contributed by atoms with Gasteiger partial charge in [-0.25, -0.2) is 12.8 Å². The minimum absolute atomic E-state index is 0.136. The van der Waals surface area contributed by atoms with Gasteiger partial charge in [-0.15, -0.1) is 0 Å². The number of nitrogens with zero attached hydrogens (tertiary/aromatic N) is 2. The molecule has 1 fully saturated rings. The third-order valence-corrected chi connectivity index (χ3v) is 5.09. The zero-order chi connectivity index (χ0) is 16.0. The molecule has 0 aliphatic heterocycles. The molecule has 2 aromatic rings. The summed E-state index contributed by atoms with van der Waals surface area (Å²) in [6.07, 6.45) is 3.37. The summed E-state index contributed by atoms with van der Waals surface area (Å²) in [5.41, 5.74) is 0.833. The number of halogens is 1. The number of aryl methyl sites for hydroxylation is 1. The first kappa shape index (κ1) is 15.1. The Morgan fingerprint density at radius 3 is 2.68 bits per heavy atom. The second-order valence-corrected chi connectivity index (χ2v) is 8.36. The van der Waals surface area contributed by atoms with Gasteiger partial charge in [-0.1, -0.05) is 17.3 Å². The lowest BCUT2D eigenvalue weighted by molar-refractivity contribution is 0.353. The summed E-state index contributed by atoms with van der Waals surface area (Å²) >= 11 is 0. The maximum absolute atomic E-state index is 13.6. The monoisotopic (exact) mass is 324 g/mol. The van der Waals surface area contributed by atoms with Gasteiger partial charge in [-0.2, -0.15) is 4.98 Å². The van der Waals surface area contributed by atoms with Crippen molar-refractivity contribution in [3.05, 3.63) is 35.5 Å². The Kier molecular flexibility index (Phi) is 3.55. The minimum Gasteiger partial charge on any atom is -0.339 e. The summed E-state index contributed by atoms with van der Waals surface area (Å²) in [4.78, 5) is 4.27. The number of aromatic nitrogens is 2. The van der Waals surface area contributed by atoms with Crippen molar-refractivity contribution < 1.29 is 17.3 Å². The van der Waals surface area contributed by atoms with Crippen LogP contribution in [0.1, 0.15) is 24.3 Å². The summed E-state index contributed by atoms with van der Waals surface area (Å²) in [6, 6.07) is 4.76. The standard InChI is InChI=1S/C15H17FN2O3S/c1-10-3-4-11(7-12(10)16)14-17-13(21-18-14)8-15(5-6-15)9-22(2,19)20/h3-4,7H,5-6,8-9H2,1-2H3. The number of sulfone groups is 1. The molecule has 1 saturated carbocycles. The van der Waals surface area contributed by atoms with Gasteiger partial charge in [-0.05, 0) is 36.8 Å². The molecule has 0 radical (unpaired) electrons. The highest BCUT2D eigenvalue weighted by molar-refractivity contribution is 7.90. The maximum atomic E-state index is 13.6. The predicted octanol–water partition coefficient (Wildman–Crippen LogP) is 2.55. The van der Waals surface area contributed by atoms with E-state index < -0.39 is 9.84 Å². The average molecular weight is 324 g/mol. The summed E-state index contributed by atoms with van der Waals surface area (Å²) in [6.45, 7) is 1.68. The smallest absolute Gasteiger partial charge is 0.227 e. The normalized spacial score (nSPS) is 16.7. The Labute approximate surface area is 128 Å². The molecule has 3 rings (SSSR count). The first-order chi connectivity index (χ1) is 10.3. The van der Waals surface area contributed by atoms with E-state index in [4.69, 9.17) is 4.52 Å². The fraction of sp³-hybridized carbons (Fsp3) is 0.467. The molecule has 1 aliphatic carbocycles. The zero-order valence-electron chi connectivity index (χ0n) is 12.5. The topological polar surface area (TPSA) is 73.1 Å². The van der Waals surface area contributed by atoms with E-state index in [1.54, 1.807) is 19.1 Å². The molecule has 0 spiro atoms. The van der Waals surface area contributed by atoms with Crippen LogP contribution in [0.3, 0.4) is 0 Å². The number of hydrogen-bond acceptors (Lipinski definition) is 5. The number of rotatable bonds is 5. The molecular formula is C15H17FN2O3S. The van der Waals surface area contributed by atoms with E-state index in [1.807, 2.05) is 0 Å². The zero-order valence-corrected chi connectivity index (χ0v) is 13.3. The summed E-state index contributed by atoms with van der Waals surface area (Å²) in [5, 5.41) is 3.86. The van der Waals surface area contributed by atoms with Gasteiger partial charge in [0.1, 0.15) is 15.7 Å². The van der Waals surface area contributed by atoms with Crippen molar-refractivity contribution in [1.82, 2.24) is 10.1 Å². The molecular weight excluding hydrogens is 307 g/mol. The molecule has 7 heteroatoms. The summed E-state index contributed by atoms with van der Waals surface area (Å²) in [7, 11) is -3.03. The van der Waals surface area contributed by atoms with Gasteiger partial charge >= 0.3 is 0 Å². The molecule has 1 aliphatic rings. The first-order valence-electron chi connectivity index (χ1n) is 7.03. The van der Waals surface area contributed by atoms with Crippen molar-refractivity contribution >= 4 is 9.84 Å². The minimum atomic E-state index is -3.03. The Hall–Kier alpha value is -1.76. The summed E-state index contributed by atoms with van der Waals surface area (Å²) in [5.74, 6) is 0.539. The van der Waals surface area contributed by atoms with Gasteiger partial charge in [-0.3, -0.25) is 0 Å². The second-order valence-electron chi connectivity index (χ2n) is 6.22. The lowest BCUT2D eigenvalue weighted by Gasteiger charge is -2.09. The van der Waals surface area contributed by atoms with Crippen LogP contribution in [0.2, 0.25) is 0 Å². The molecule has 22 heavy (non-hydrogen) atoms. The molecule has 1 aromatic heterocycles. The van der Waals surface area contributed by atoms with E-state index in [1.165, 1.54) is 12.3 Å². The Morgan fingerprint density at radius 2 is 2.09 bits per heavy atom. The lowest BCUT2D eigenvalue weighted by Crippen LogP contribution is -2.18. The van der Waals surface area contributed by atoms with Crippen molar-refractivity contribution in [3.8, 4) is 11.4 Å². The third kappa shape index (κ3) is 3.35. The van der Waals surface area contributed by atoms with E-state index in [2.05, 4.69) is 10.1 Å². The van der Waals surface area contributed by atoms with Crippen molar-refractivity contribution in [1.29, 1.82) is 0 Å². The van der Waals surface area contributed by atoms with Crippen LogP contribution in [0, 0.1) is 18.2 Å². The quantitative estimate of drug-likeness (QED) is 0.845. The van der Waals surface area contributed by atoms with E-state index in [0.717, 1.165) is 12.8 Å². The van der Waals surface area contributed by atoms with Crippen LogP contribution < -0.4 is 0 Å². The molecule has 0 unspecified atom stereocenters. The van der Waals surface area contributed by atoms with Gasteiger partial charge in [0.25, 0.3) is 0 Å². The van der Waals surface area contributed by atoms with Crippen LogP contribution >= 0.6 is 0 Å². The average Bonchev–Trinajstić information content (AvgIpc) is 2.97. The first-order valence-corrected chi connectivity index (χ1v) is 9.09. The van der Waals surface area contributed by atoms with E-state index in [-0.39, 0.29) is 17.0 Å². The van der Waals surface area contributed by atoms with Gasteiger partial charge < -0.3 is 4.52 Å². The van der Waals surface area contributed by atoms with Crippen LogP contribution in [0.15, 0.2) is 22.7 Å². The maximum Gasteiger partial charge on any atom is 0.227 e. The molecule has 118 valence electrons. The second kappa shape index (κ2) is 5.15. The fourth-order valence-corrected chi connectivity index (χ4v) is 4.10. The SMILES string of the molecule is Cc1ccc(-c2noc(CC3(CS(C)(=O)=O)CC3)n2)cc1F. The molecule has 0 saturated heterocycles. The number of hydrogen-bond donors (Lipinski definition) is 0. The predicted molar refractivity (Wildman–Crippen MR) is 79.5 cm³/mol. The fourth-order valence-electron chi connectivity index (χ4n) is 2.60. The number of benzene rings is 1. The Bertz CT molecular complexity index is 810. The third-order valence-electron chi connectivity index (χ3n) is 3.95. The molecule has 1 heterocycles. The molecule has 0 atom stereocenters. The Morgan fingerprint density at radius 1 is 1.36 bits per heavy atom. The van der Waals surface area contributed by atoms with Gasteiger partial charge in [0.2, 0.25) is 11.7 Å². The van der Waals surface area contributed by atoms with Gasteiger partial charge in [0, 0.05) is 18.2 Å². The van der Waals surface area contributed by atoms with Crippen LogP contribution in [-0.4, -0.2) is 30.6 Å². The van der Waals surface area contributed by atoms with Crippen LogP contribution in [-0.2, 0) is 16.3 Å². The van der Waals surface area contributed by atoms with Crippen molar-refractivity contribution in [3.63, 3.8) is 0 Å². The summed E-state index contributed by atoms with van der Waals surface area (Å²) < 4.78 is 41.7. The van der Waals surface area contributed by atoms with Gasteiger partial charge in [0.15, 0.2) is 0 Å². The highest BCUT2D eigenvalue weighted by Gasteiger charge is 2.46. The van der Waals surface area contributed by atoms with Crippen molar-refractivity contribution in [2.24, 2.45) is 5.41 Å². The van der Waals surface area contributed by atoms with Gasteiger partial charge in [0.05, 0.1) is 5.75 Å². The van der Waals surface area contributed by atoms with Crippen molar-refractivity contribution in [2.75, 3.05) is 12.0 Å².